The molecule has 92 valence electrons. The van der Waals surface area contributed by atoms with Gasteiger partial charge in [-0.05, 0) is 20.3 Å². The highest BCUT2D eigenvalue weighted by Gasteiger charge is 2.04. The Morgan fingerprint density at radius 2 is 2.19 bits per heavy atom. The van der Waals surface area contributed by atoms with Gasteiger partial charge in [-0.3, -0.25) is 4.99 Å². The predicted molar refractivity (Wildman–Crippen MR) is 69.4 cm³/mol. The van der Waals surface area contributed by atoms with Gasteiger partial charge < -0.3 is 10.5 Å². The quantitative estimate of drug-likeness (QED) is 0.230. The second-order valence-corrected chi connectivity index (χ2v) is 3.84. The van der Waals surface area contributed by atoms with Crippen LogP contribution in [0, 0.1) is 5.92 Å². The van der Waals surface area contributed by atoms with Crippen molar-refractivity contribution in [2.45, 2.75) is 40.2 Å². The van der Waals surface area contributed by atoms with Gasteiger partial charge in [-0.25, -0.2) is 0 Å². The van der Waals surface area contributed by atoms with Crippen molar-refractivity contribution in [3.63, 3.8) is 0 Å². The lowest BCUT2D eigenvalue weighted by molar-refractivity contribution is 0.315. The van der Waals surface area contributed by atoms with Crippen LogP contribution in [0.2, 0.25) is 0 Å². The number of allylic oxidation sites excluding steroid dienone is 1. The summed E-state index contributed by atoms with van der Waals surface area (Å²) in [4.78, 5) is 4.25. The molecule has 0 aromatic heterocycles. The number of aliphatic imine (C=N–C) groups is 1. The van der Waals surface area contributed by atoms with Crippen molar-refractivity contribution in [3.8, 4) is 0 Å². The molecule has 0 aromatic carbocycles. The first kappa shape index (κ1) is 14.7. The van der Waals surface area contributed by atoms with Crippen LogP contribution in [0.3, 0.4) is 0 Å². The third-order valence-electron chi connectivity index (χ3n) is 2.49. The van der Waals surface area contributed by atoms with Gasteiger partial charge in [0.1, 0.15) is 0 Å². The molecule has 0 saturated carbocycles. The molecule has 16 heavy (non-hydrogen) atoms. The van der Waals surface area contributed by atoms with Crippen LogP contribution >= 0.6 is 0 Å². The Balaban J connectivity index is 3.93. The second-order valence-electron chi connectivity index (χ2n) is 3.84. The van der Waals surface area contributed by atoms with Crippen molar-refractivity contribution in [1.82, 2.24) is 5.32 Å². The van der Waals surface area contributed by atoms with Crippen LogP contribution in [0.15, 0.2) is 22.3 Å². The molecule has 0 aliphatic heterocycles. The van der Waals surface area contributed by atoms with Crippen LogP contribution in [-0.2, 0) is 0 Å². The molecule has 2 unspecified atom stereocenters. The molecule has 0 saturated heterocycles. The second kappa shape index (κ2) is 8.95. The standard InChI is InChI=1S/C12H23N3O/c1-5-7-12(6-2)14-9-13-8-10(3)11(4)15-16/h5,7,9-10,12,16H,6,8H2,1-4H3,(H,13,14)/b7-5-,15-11-. The molecule has 0 aliphatic rings. The highest BCUT2D eigenvalue weighted by atomic mass is 16.4. The first-order valence-electron chi connectivity index (χ1n) is 5.71. The van der Waals surface area contributed by atoms with Crippen LogP contribution < -0.4 is 5.32 Å². The predicted octanol–water partition coefficient (Wildman–Crippen LogP) is 2.45. The maximum Gasteiger partial charge on any atom is 0.0828 e. The summed E-state index contributed by atoms with van der Waals surface area (Å²) in [6, 6.07) is 0.344. The van der Waals surface area contributed by atoms with Crippen molar-refractivity contribution in [2.75, 3.05) is 6.54 Å². The minimum absolute atomic E-state index is 0.171. The molecule has 0 fully saturated rings. The third-order valence-corrected chi connectivity index (χ3v) is 2.49. The van der Waals surface area contributed by atoms with Gasteiger partial charge in [0.15, 0.2) is 0 Å². The molecule has 0 rings (SSSR count). The molecule has 0 heterocycles. The smallest absolute Gasteiger partial charge is 0.0828 e. The van der Waals surface area contributed by atoms with Gasteiger partial charge in [0, 0.05) is 18.5 Å². The Hall–Kier alpha value is -1.32. The van der Waals surface area contributed by atoms with Crippen molar-refractivity contribution >= 4 is 12.1 Å². The Morgan fingerprint density at radius 3 is 2.69 bits per heavy atom. The van der Waals surface area contributed by atoms with Gasteiger partial charge in [0.2, 0.25) is 0 Å². The van der Waals surface area contributed by atoms with Crippen LogP contribution in [0.25, 0.3) is 0 Å². The Kier molecular flexibility index (Phi) is 8.21. The Morgan fingerprint density at radius 1 is 1.50 bits per heavy atom. The van der Waals surface area contributed by atoms with Gasteiger partial charge in [0.25, 0.3) is 0 Å². The number of hydrogen-bond donors (Lipinski definition) is 2. The van der Waals surface area contributed by atoms with E-state index in [-0.39, 0.29) is 5.92 Å². The molecule has 4 heteroatoms. The maximum atomic E-state index is 8.57. The van der Waals surface area contributed by atoms with Crippen LogP contribution in [0.4, 0.5) is 0 Å². The lowest BCUT2D eigenvalue weighted by atomic mass is 10.1. The molecular formula is C12H23N3O. The number of oxime groups is 1. The summed E-state index contributed by atoms with van der Waals surface area (Å²) in [5.74, 6) is 0.171. The van der Waals surface area contributed by atoms with E-state index in [1.807, 2.05) is 19.9 Å². The first-order valence-corrected chi connectivity index (χ1v) is 5.71. The Labute approximate surface area is 98.2 Å². The van der Waals surface area contributed by atoms with Gasteiger partial charge in [-0.15, -0.1) is 0 Å². The Bertz CT molecular complexity index is 253. The summed E-state index contributed by atoms with van der Waals surface area (Å²) in [5.41, 5.74) is 0.706. The summed E-state index contributed by atoms with van der Waals surface area (Å²) in [5, 5.41) is 14.9. The topological polar surface area (TPSA) is 57.0 Å². The first-order chi connectivity index (χ1) is 7.65. The summed E-state index contributed by atoms with van der Waals surface area (Å²) < 4.78 is 0. The van der Waals surface area contributed by atoms with E-state index < -0.39 is 0 Å². The molecule has 4 nitrogen and oxygen atoms in total. The number of hydrogen-bond acceptors (Lipinski definition) is 3. The summed E-state index contributed by atoms with van der Waals surface area (Å²) in [6.07, 6.45) is 6.90. The number of nitrogens with zero attached hydrogens (tertiary/aromatic N) is 2. The molecule has 0 bridgehead atoms. The van der Waals surface area contributed by atoms with Crippen molar-refractivity contribution in [3.05, 3.63) is 12.2 Å². The zero-order chi connectivity index (χ0) is 12.4. The average molecular weight is 225 g/mol. The van der Waals surface area contributed by atoms with Crippen LogP contribution in [0.5, 0.6) is 0 Å². The lowest BCUT2D eigenvalue weighted by Gasteiger charge is -2.10. The SMILES string of the molecule is C/C=C\C(CC)N/C=N\CC(C)/C(C)=N\O. The normalized spacial score (nSPS) is 16.9. The lowest BCUT2D eigenvalue weighted by Crippen LogP contribution is -2.25. The van der Waals surface area contributed by atoms with Crippen molar-refractivity contribution in [1.29, 1.82) is 0 Å². The van der Waals surface area contributed by atoms with Gasteiger partial charge in [0.05, 0.1) is 12.1 Å². The van der Waals surface area contributed by atoms with Gasteiger partial charge >= 0.3 is 0 Å². The van der Waals surface area contributed by atoms with E-state index >= 15 is 0 Å². The van der Waals surface area contributed by atoms with E-state index in [1.165, 1.54) is 0 Å². The highest BCUT2D eigenvalue weighted by molar-refractivity contribution is 5.83. The van der Waals surface area contributed by atoms with Crippen molar-refractivity contribution in [2.24, 2.45) is 16.1 Å². The average Bonchev–Trinajstić information content (AvgIpc) is 2.31. The largest absolute Gasteiger partial charge is 0.411 e. The zero-order valence-corrected chi connectivity index (χ0v) is 10.6. The highest BCUT2D eigenvalue weighted by Crippen LogP contribution is 1.98. The summed E-state index contributed by atoms with van der Waals surface area (Å²) >= 11 is 0. The molecule has 0 aliphatic carbocycles. The molecule has 0 amide bonds. The molecule has 0 aromatic rings. The monoisotopic (exact) mass is 225 g/mol. The maximum absolute atomic E-state index is 8.57. The fourth-order valence-corrected chi connectivity index (χ4v) is 1.13. The molecular weight excluding hydrogens is 202 g/mol. The van der Waals surface area contributed by atoms with E-state index in [2.05, 4.69) is 28.5 Å². The van der Waals surface area contributed by atoms with Crippen LogP contribution in [-0.4, -0.2) is 29.8 Å². The van der Waals surface area contributed by atoms with E-state index in [4.69, 9.17) is 5.21 Å². The molecule has 2 atom stereocenters. The number of rotatable bonds is 7. The van der Waals surface area contributed by atoms with Crippen LogP contribution in [0.1, 0.15) is 34.1 Å². The van der Waals surface area contributed by atoms with Gasteiger partial charge in [-0.1, -0.05) is 31.2 Å². The van der Waals surface area contributed by atoms with E-state index in [0.29, 0.717) is 18.3 Å². The zero-order valence-electron chi connectivity index (χ0n) is 10.6. The third kappa shape index (κ3) is 6.22. The minimum Gasteiger partial charge on any atom is -0.411 e. The fourth-order valence-electron chi connectivity index (χ4n) is 1.13. The van der Waals surface area contributed by atoms with E-state index in [1.54, 1.807) is 13.3 Å². The summed E-state index contributed by atoms with van der Waals surface area (Å²) in [7, 11) is 0. The van der Waals surface area contributed by atoms with E-state index in [0.717, 1.165) is 6.42 Å². The van der Waals surface area contributed by atoms with E-state index in [9.17, 15) is 0 Å². The van der Waals surface area contributed by atoms with Crippen molar-refractivity contribution < 1.29 is 5.21 Å². The molecule has 2 N–H and O–H groups in total. The number of nitrogens with one attached hydrogen (secondary N) is 1. The molecule has 0 spiro atoms. The molecule has 0 radical (unpaired) electrons. The fraction of sp³-hybridized carbons (Fsp3) is 0.667. The summed E-state index contributed by atoms with van der Waals surface area (Å²) in [6.45, 7) is 8.54. The van der Waals surface area contributed by atoms with Gasteiger partial charge in [-0.2, -0.15) is 0 Å². The minimum atomic E-state index is 0.171.